The van der Waals surface area contributed by atoms with Crippen LogP contribution in [-0.4, -0.2) is 95.1 Å². The average molecular weight is 632 g/mol. The number of benzene rings is 3. The Hall–Kier alpha value is -4.28. The number of hydrogen-bond donors (Lipinski definition) is 0. The second-order valence-electron chi connectivity index (χ2n) is 11.9. The van der Waals surface area contributed by atoms with Crippen LogP contribution in [0.4, 0.5) is 10.5 Å². The summed E-state index contributed by atoms with van der Waals surface area (Å²) < 4.78 is 29.0. The Kier molecular flexibility index (Phi) is 11.4. The number of carbonyl (C=O) groups excluding carboxylic acids is 2. The van der Waals surface area contributed by atoms with E-state index in [-0.39, 0.29) is 25.0 Å². The predicted molar refractivity (Wildman–Crippen MR) is 175 cm³/mol. The molecule has 2 amide bonds. The fourth-order valence-electron chi connectivity index (χ4n) is 6.12. The lowest BCUT2D eigenvalue weighted by Gasteiger charge is -2.43. The summed E-state index contributed by atoms with van der Waals surface area (Å²) in [6.07, 6.45) is 0.378. The largest absolute Gasteiger partial charge is 0.497 e. The van der Waals surface area contributed by atoms with Crippen molar-refractivity contribution in [1.29, 1.82) is 0 Å². The molecule has 2 aliphatic rings. The number of anilines is 1. The Morgan fingerprint density at radius 2 is 1.74 bits per heavy atom. The van der Waals surface area contributed by atoms with Crippen molar-refractivity contribution >= 4 is 17.7 Å². The first-order valence-corrected chi connectivity index (χ1v) is 15.8. The highest BCUT2D eigenvalue weighted by molar-refractivity contribution is 5.86. The number of ether oxygens (including phenoxy) is 5. The monoisotopic (exact) mass is 631 g/mol. The maximum absolute atomic E-state index is 13.6. The van der Waals surface area contributed by atoms with Crippen LogP contribution in [-0.2, 0) is 32.2 Å². The highest BCUT2D eigenvalue weighted by atomic mass is 16.6. The molecule has 1 fully saturated rings. The van der Waals surface area contributed by atoms with Gasteiger partial charge in [0.05, 0.1) is 38.6 Å². The van der Waals surface area contributed by atoms with E-state index in [9.17, 15) is 9.59 Å². The molecular weight excluding hydrogens is 586 g/mol. The van der Waals surface area contributed by atoms with E-state index in [2.05, 4.69) is 11.0 Å². The van der Waals surface area contributed by atoms with Crippen molar-refractivity contribution in [3.63, 3.8) is 0 Å². The Balaban J connectivity index is 1.39. The van der Waals surface area contributed by atoms with E-state index in [0.717, 1.165) is 53.4 Å². The van der Waals surface area contributed by atoms with Crippen molar-refractivity contribution in [2.75, 3.05) is 66.1 Å². The van der Waals surface area contributed by atoms with E-state index in [1.807, 2.05) is 66.7 Å². The smallest absolute Gasteiger partial charge is 0.410 e. The summed E-state index contributed by atoms with van der Waals surface area (Å²) in [5.74, 6) is 1.30. The van der Waals surface area contributed by atoms with Crippen molar-refractivity contribution in [3.8, 4) is 11.5 Å². The summed E-state index contributed by atoms with van der Waals surface area (Å²) in [5.41, 5.74) is 3.93. The molecule has 10 heteroatoms. The fraction of sp³-hybridized carbons (Fsp3) is 0.444. The first-order valence-electron chi connectivity index (χ1n) is 15.8. The first kappa shape index (κ1) is 33.1. The van der Waals surface area contributed by atoms with E-state index in [0.29, 0.717) is 26.2 Å². The molecule has 0 aliphatic carbocycles. The molecule has 0 unspecified atom stereocenters. The normalized spacial score (nSPS) is 19.2. The number of carbonyl (C=O) groups is 2. The van der Waals surface area contributed by atoms with Gasteiger partial charge >= 0.3 is 6.09 Å². The molecule has 0 saturated carbocycles. The minimum atomic E-state index is -0.702. The van der Waals surface area contributed by atoms with Gasteiger partial charge in [-0.1, -0.05) is 48.5 Å². The number of likely N-dealkylation sites (N-methyl/N-ethyl adjacent to an activating group) is 1. The Morgan fingerprint density at radius 3 is 2.46 bits per heavy atom. The van der Waals surface area contributed by atoms with Crippen molar-refractivity contribution < 1.29 is 33.3 Å². The SMILES string of the molecule is COCCCN1CCOc2ccc(CO[C@H]3CN(C(=O)OCc4ccccc4)[C@H](C(=O)N(C)C)C[C@@H]3c3ccc(OC)cc3)cc21. The molecule has 3 atom stereocenters. The highest BCUT2D eigenvalue weighted by Gasteiger charge is 2.43. The molecule has 1 saturated heterocycles. The number of likely N-dealkylation sites (tertiary alicyclic amines) is 1. The van der Waals surface area contributed by atoms with Gasteiger partial charge in [-0.05, 0) is 53.8 Å². The van der Waals surface area contributed by atoms with Gasteiger partial charge in [0.2, 0.25) is 5.91 Å². The molecule has 246 valence electrons. The molecule has 0 spiro atoms. The van der Waals surface area contributed by atoms with Crippen LogP contribution < -0.4 is 14.4 Å². The van der Waals surface area contributed by atoms with Gasteiger partial charge in [-0.2, -0.15) is 0 Å². The molecule has 3 aromatic carbocycles. The topological polar surface area (TPSA) is 90.0 Å². The van der Waals surface area contributed by atoms with Crippen molar-refractivity contribution in [1.82, 2.24) is 9.80 Å². The number of amides is 2. The van der Waals surface area contributed by atoms with E-state index < -0.39 is 18.2 Å². The second kappa shape index (κ2) is 15.8. The van der Waals surface area contributed by atoms with Crippen molar-refractivity contribution in [2.45, 2.75) is 44.1 Å². The zero-order valence-corrected chi connectivity index (χ0v) is 27.2. The van der Waals surface area contributed by atoms with E-state index in [4.69, 9.17) is 23.7 Å². The second-order valence-corrected chi connectivity index (χ2v) is 11.9. The van der Waals surface area contributed by atoms with Gasteiger partial charge < -0.3 is 33.5 Å². The Bertz CT molecular complexity index is 1430. The Morgan fingerprint density at radius 1 is 0.957 bits per heavy atom. The van der Waals surface area contributed by atoms with Gasteiger partial charge in [0.15, 0.2) is 0 Å². The summed E-state index contributed by atoms with van der Waals surface area (Å²) in [5, 5.41) is 0. The molecule has 0 bridgehead atoms. The lowest BCUT2D eigenvalue weighted by molar-refractivity contribution is -0.138. The fourth-order valence-corrected chi connectivity index (χ4v) is 6.12. The third-order valence-electron chi connectivity index (χ3n) is 8.61. The zero-order chi connectivity index (χ0) is 32.5. The number of hydrogen-bond acceptors (Lipinski definition) is 8. The molecule has 0 N–H and O–H groups in total. The van der Waals surface area contributed by atoms with Crippen LogP contribution in [0.15, 0.2) is 72.8 Å². The maximum atomic E-state index is 13.6. The molecule has 5 rings (SSSR count). The molecule has 2 heterocycles. The van der Waals surface area contributed by atoms with E-state index in [1.165, 1.54) is 9.80 Å². The molecule has 3 aromatic rings. The van der Waals surface area contributed by atoms with Gasteiger partial charge in [-0.3, -0.25) is 9.69 Å². The lowest BCUT2D eigenvalue weighted by atomic mass is 9.82. The molecular formula is C36H45N3O7. The van der Waals surface area contributed by atoms with Gasteiger partial charge in [-0.15, -0.1) is 0 Å². The molecule has 2 aliphatic heterocycles. The van der Waals surface area contributed by atoms with Crippen LogP contribution in [0.25, 0.3) is 0 Å². The van der Waals surface area contributed by atoms with Crippen LogP contribution in [0.5, 0.6) is 11.5 Å². The lowest BCUT2D eigenvalue weighted by Crippen LogP contribution is -2.57. The minimum Gasteiger partial charge on any atom is -0.497 e. The van der Waals surface area contributed by atoms with Crippen LogP contribution in [0.2, 0.25) is 0 Å². The van der Waals surface area contributed by atoms with Crippen LogP contribution in [0, 0.1) is 0 Å². The van der Waals surface area contributed by atoms with Gasteiger partial charge in [0.25, 0.3) is 0 Å². The average Bonchev–Trinajstić information content (AvgIpc) is 3.09. The minimum absolute atomic E-state index is 0.116. The van der Waals surface area contributed by atoms with Crippen molar-refractivity contribution in [2.24, 2.45) is 0 Å². The first-order chi connectivity index (χ1) is 22.4. The third kappa shape index (κ3) is 8.10. The molecule has 0 aromatic heterocycles. The number of methoxy groups -OCH3 is 2. The van der Waals surface area contributed by atoms with Gasteiger partial charge in [0, 0.05) is 40.3 Å². The standard InChI is InChI=1S/C36H45N3O7/c1-37(2)35(40)32-22-30(28-12-14-29(43-4)15-13-28)34(23-39(32)36(41)46-24-26-9-6-5-7-10-26)45-25-27-11-16-33-31(21-27)38(18-20-44-33)17-8-19-42-3/h5-7,9-16,21,30,32,34H,8,17-20,22-25H2,1-4H3/t30-,32+,34+/m1/s1. The number of nitrogens with zero attached hydrogens (tertiary/aromatic N) is 3. The van der Waals surface area contributed by atoms with Crippen LogP contribution >= 0.6 is 0 Å². The molecule has 46 heavy (non-hydrogen) atoms. The number of fused-ring (bicyclic) bond motifs is 1. The molecule has 10 nitrogen and oxygen atoms in total. The Labute approximate surface area is 271 Å². The van der Waals surface area contributed by atoms with Crippen LogP contribution in [0.1, 0.15) is 35.4 Å². The third-order valence-corrected chi connectivity index (χ3v) is 8.61. The van der Waals surface area contributed by atoms with E-state index in [1.54, 1.807) is 28.3 Å². The quantitative estimate of drug-likeness (QED) is 0.255. The molecule has 0 radical (unpaired) electrons. The highest BCUT2D eigenvalue weighted by Crippen LogP contribution is 2.37. The summed E-state index contributed by atoms with van der Waals surface area (Å²) in [7, 11) is 6.77. The van der Waals surface area contributed by atoms with Crippen LogP contribution in [0.3, 0.4) is 0 Å². The number of rotatable bonds is 12. The van der Waals surface area contributed by atoms with Crippen molar-refractivity contribution in [3.05, 3.63) is 89.5 Å². The zero-order valence-electron chi connectivity index (χ0n) is 27.2. The summed E-state index contributed by atoms with van der Waals surface area (Å²) in [4.78, 5) is 32.5. The predicted octanol–water partition coefficient (Wildman–Crippen LogP) is 5.10. The number of piperidine rings is 1. The van der Waals surface area contributed by atoms with Gasteiger partial charge in [-0.25, -0.2) is 4.79 Å². The van der Waals surface area contributed by atoms with Gasteiger partial charge in [0.1, 0.15) is 30.8 Å². The summed E-state index contributed by atoms with van der Waals surface area (Å²) in [6, 6.07) is 22.8. The summed E-state index contributed by atoms with van der Waals surface area (Å²) in [6.45, 7) is 3.67. The summed E-state index contributed by atoms with van der Waals surface area (Å²) >= 11 is 0. The maximum Gasteiger partial charge on any atom is 0.410 e. The van der Waals surface area contributed by atoms with E-state index >= 15 is 0 Å².